The maximum atomic E-state index is 10.1. The van der Waals surface area contributed by atoms with E-state index in [-0.39, 0.29) is 0 Å². The smallest absolute Gasteiger partial charge is 0.0794 e. The standard InChI is InChI=1S/C15H24N2O/c1-3-16-11-13-5-7-14(8-6-13)17-10-4-9-15(2,18)12-17/h5-8,16,18H,3-4,9-12H2,1-2H3. The van der Waals surface area contributed by atoms with Crippen LogP contribution in [-0.4, -0.2) is 30.3 Å². The number of nitrogens with zero attached hydrogens (tertiary/aromatic N) is 1. The average Bonchev–Trinajstić information content (AvgIpc) is 2.36. The van der Waals surface area contributed by atoms with Crippen LogP contribution < -0.4 is 10.2 Å². The lowest BCUT2D eigenvalue weighted by Gasteiger charge is -2.38. The summed E-state index contributed by atoms with van der Waals surface area (Å²) in [6, 6.07) is 8.66. The average molecular weight is 248 g/mol. The summed E-state index contributed by atoms with van der Waals surface area (Å²) in [5, 5.41) is 13.4. The third-order valence-corrected chi connectivity index (χ3v) is 3.56. The van der Waals surface area contributed by atoms with Crippen molar-refractivity contribution >= 4 is 5.69 Å². The van der Waals surface area contributed by atoms with Gasteiger partial charge in [-0.1, -0.05) is 19.1 Å². The molecule has 1 fully saturated rings. The van der Waals surface area contributed by atoms with Crippen LogP contribution in [0.4, 0.5) is 5.69 Å². The van der Waals surface area contributed by atoms with Crippen molar-refractivity contribution in [1.29, 1.82) is 0 Å². The van der Waals surface area contributed by atoms with E-state index in [1.54, 1.807) is 0 Å². The zero-order valence-corrected chi connectivity index (χ0v) is 11.4. The molecule has 0 bridgehead atoms. The minimum atomic E-state index is -0.541. The zero-order valence-electron chi connectivity index (χ0n) is 11.4. The maximum Gasteiger partial charge on any atom is 0.0794 e. The Morgan fingerprint density at radius 1 is 1.33 bits per heavy atom. The van der Waals surface area contributed by atoms with Crippen LogP contribution in [-0.2, 0) is 6.54 Å². The first-order valence-corrected chi connectivity index (χ1v) is 6.88. The normalized spacial score (nSPS) is 24.3. The first-order chi connectivity index (χ1) is 8.61. The molecule has 1 unspecified atom stereocenters. The molecule has 1 aliphatic heterocycles. The second-order valence-corrected chi connectivity index (χ2v) is 5.47. The first kappa shape index (κ1) is 13.4. The fraction of sp³-hybridized carbons (Fsp3) is 0.600. The number of β-amino-alcohol motifs (C(OH)–C–C–N with tert-alkyl or cyclic N) is 1. The van der Waals surface area contributed by atoms with Crippen LogP contribution in [0.25, 0.3) is 0 Å². The Balaban J connectivity index is 2.00. The van der Waals surface area contributed by atoms with Crippen molar-refractivity contribution in [2.24, 2.45) is 0 Å². The van der Waals surface area contributed by atoms with Gasteiger partial charge in [0.25, 0.3) is 0 Å². The highest BCUT2D eigenvalue weighted by atomic mass is 16.3. The summed E-state index contributed by atoms with van der Waals surface area (Å²) in [5.41, 5.74) is 1.99. The number of hydrogen-bond acceptors (Lipinski definition) is 3. The molecule has 1 atom stereocenters. The van der Waals surface area contributed by atoms with Gasteiger partial charge in [-0.2, -0.15) is 0 Å². The lowest BCUT2D eigenvalue weighted by Crippen LogP contribution is -2.46. The minimum Gasteiger partial charge on any atom is -0.388 e. The molecule has 0 radical (unpaired) electrons. The van der Waals surface area contributed by atoms with E-state index in [0.717, 1.165) is 39.0 Å². The maximum absolute atomic E-state index is 10.1. The van der Waals surface area contributed by atoms with Crippen molar-refractivity contribution in [2.45, 2.75) is 38.8 Å². The number of nitrogens with one attached hydrogen (secondary N) is 1. The topological polar surface area (TPSA) is 35.5 Å². The molecule has 18 heavy (non-hydrogen) atoms. The van der Waals surface area contributed by atoms with E-state index < -0.39 is 5.60 Å². The molecule has 0 saturated carbocycles. The fourth-order valence-electron chi connectivity index (χ4n) is 2.53. The molecular weight excluding hydrogens is 224 g/mol. The number of piperidine rings is 1. The number of anilines is 1. The number of benzene rings is 1. The summed E-state index contributed by atoms with van der Waals surface area (Å²) in [7, 11) is 0. The van der Waals surface area contributed by atoms with Gasteiger partial charge in [-0.05, 0) is 44.0 Å². The van der Waals surface area contributed by atoms with Crippen molar-refractivity contribution in [3.63, 3.8) is 0 Å². The van der Waals surface area contributed by atoms with E-state index in [0.29, 0.717) is 0 Å². The highest BCUT2D eigenvalue weighted by Gasteiger charge is 2.28. The molecule has 1 saturated heterocycles. The molecule has 100 valence electrons. The number of hydrogen-bond donors (Lipinski definition) is 2. The van der Waals surface area contributed by atoms with Crippen molar-refractivity contribution in [3.8, 4) is 0 Å². The molecule has 0 aliphatic carbocycles. The van der Waals surface area contributed by atoms with E-state index in [1.165, 1.54) is 11.3 Å². The summed E-state index contributed by atoms with van der Waals surface area (Å²) in [5.74, 6) is 0. The minimum absolute atomic E-state index is 0.541. The fourth-order valence-corrected chi connectivity index (χ4v) is 2.53. The highest BCUT2D eigenvalue weighted by Crippen LogP contribution is 2.25. The SMILES string of the molecule is CCNCc1ccc(N2CCCC(C)(O)C2)cc1. The number of rotatable bonds is 4. The summed E-state index contributed by atoms with van der Waals surface area (Å²) < 4.78 is 0. The molecular formula is C15H24N2O. The first-order valence-electron chi connectivity index (χ1n) is 6.88. The highest BCUT2D eigenvalue weighted by molar-refractivity contribution is 5.48. The largest absolute Gasteiger partial charge is 0.388 e. The lowest BCUT2D eigenvalue weighted by molar-refractivity contribution is 0.0449. The number of aliphatic hydroxyl groups is 1. The Bertz CT molecular complexity index is 373. The summed E-state index contributed by atoms with van der Waals surface area (Å²) in [6.45, 7) is 7.75. The van der Waals surface area contributed by atoms with Crippen LogP contribution in [0.1, 0.15) is 32.3 Å². The Morgan fingerprint density at radius 3 is 2.67 bits per heavy atom. The predicted octanol–water partition coefficient (Wildman–Crippen LogP) is 2.15. The summed E-state index contributed by atoms with van der Waals surface area (Å²) in [4.78, 5) is 2.28. The molecule has 1 aromatic rings. The third kappa shape index (κ3) is 3.47. The predicted molar refractivity (Wildman–Crippen MR) is 75.9 cm³/mol. The lowest BCUT2D eigenvalue weighted by atomic mass is 9.95. The quantitative estimate of drug-likeness (QED) is 0.857. The Hall–Kier alpha value is -1.06. The van der Waals surface area contributed by atoms with Crippen molar-refractivity contribution < 1.29 is 5.11 Å². The summed E-state index contributed by atoms with van der Waals surface area (Å²) in [6.07, 6.45) is 1.97. The molecule has 2 N–H and O–H groups in total. The van der Waals surface area contributed by atoms with Gasteiger partial charge in [-0.15, -0.1) is 0 Å². The Morgan fingerprint density at radius 2 is 2.06 bits per heavy atom. The van der Waals surface area contributed by atoms with Crippen molar-refractivity contribution in [1.82, 2.24) is 5.32 Å². The van der Waals surface area contributed by atoms with Gasteiger partial charge in [0.2, 0.25) is 0 Å². The second-order valence-electron chi connectivity index (χ2n) is 5.47. The Labute approximate surface area is 110 Å². The van der Waals surface area contributed by atoms with Gasteiger partial charge in [0.05, 0.1) is 5.60 Å². The molecule has 3 heteroatoms. The van der Waals surface area contributed by atoms with Crippen molar-refractivity contribution in [2.75, 3.05) is 24.5 Å². The molecule has 0 amide bonds. The van der Waals surface area contributed by atoms with Crippen LogP contribution in [0.2, 0.25) is 0 Å². The van der Waals surface area contributed by atoms with E-state index in [4.69, 9.17) is 0 Å². The second kappa shape index (κ2) is 5.72. The Kier molecular flexibility index (Phi) is 4.25. The van der Waals surface area contributed by atoms with Crippen molar-refractivity contribution in [3.05, 3.63) is 29.8 Å². The molecule has 0 spiro atoms. The van der Waals surface area contributed by atoms with E-state index in [1.807, 2.05) is 6.92 Å². The van der Waals surface area contributed by atoms with Gasteiger partial charge in [0, 0.05) is 25.3 Å². The van der Waals surface area contributed by atoms with Gasteiger partial charge in [-0.25, -0.2) is 0 Å². The molecule has 0 aromatic heterocycles. The van der Waals surface area contributed by atoms with Crippen LogP contribution in [0.5, 0.6) is 0 Å². The van der Waals surface area contributed by atoms with E-state index >= 15 is 0 Å². The van der Waals surface area contributed by atoms with Gasteiger partial charge >= 0.3 is 0 Å². The molecule has 2 rings (SSSR count). The molecule has 1 aliphatic rings. The van der Waals surface area contributed by atoms with Crippen LogP contribution in [0.3, 0.4) is 0 Å². The van der Waals surface area contributed by atoms with Crippen LogP contribution in [0.15, 0.2) is 24.3 Å². The molecule has 3 nitrogen and oxygen atoms in total. The summed E-state index contributed by atoms with van der Waals surface area (Å²) >= 11 is 0. The van der Waals surface area contributed by atoms with Crippen LogP contribution >= 0.6 is 0 Å². The zero-order chi connectivity index (χ0) is 13.0. The monoisotopic (exact) mass is 248 g/mol. The van der Waals surface area contributed by atoms with Gasteiger partial charge in [0.1, 0.15) is 0 Å². The van der Waals surface area contributed by atoms with Gasteiger partial charge in [0.15, 0.2) is 0 Å². The molecule has 1 heterocycles. The van der Waals surface area contributed by atoms with E-state index in [9.17, 15) is 5.11 Å². The third-order valence-electron chi connectivity index (χ3n) is 3.56. The van der Waals surface area contributed by atoms with E-state index in [2.05, 4.69) is 41.4 Å². The molecule has 1 aromatic carbocycles. The van der Waals surface area contributed by atoms with Crippen LogP contribution in [0, 0.1) is 0 Å². The van der Waals surface area contributed by atoms with Gasteiger partial charge in [-0.3, -0.25) is 0 Å². The van der Waals surface area contributed by atoms with Gasteiger partial charge < -0.3 is 15.3 Å².